The fourth-order valence-electron chi connectivity index (χ4n) is 3.04. The number of nitrogens with two attached hydrogens (primary N) is 1. The number of anilines is 1. The third-order valence-corrected chi connectivity index (χ3v) is 4.43. The molecule has 0 radical (unpaired) electrons. The van der Waals surface area contributed by atoms with Crippen molar-refractivity contribution in [3.05, 3.63) is 59.7 Å². The average molecular weight is 534 g/mol. The van der Waals surface area contributed by atoms with E-state index in [2.05, 4.69) is 15.0 Å². The summed E-state index contributed by atoms with van der Waals surface area (Å²) in [6, 6.07) is 12.9. The van der Waals surface area contributed by atoms with E-state index in [0.717, 1.165) is 24.1 Å². The third kappa shape index (κ3) is 7.08. The van der Waals surface area contributed by atoms with Gasteiger partial charge in [-0.3, -0.25) is 4.79 Å². The van der Waals surface area contributed by atoms with Crippen molar-refractivity contribution in [2.75, 3.05) is 11.9 Å². The van der Waals surface area contributed by atoms with E-state index in [1.165, 1.54) is 24.3 Å². The molecule has 30 heavy (non-hydrogen) atoms. The number of carbonyl (C=O) groups excluding carboxylic acids is 1. The van der Waals surface area contributed by atoms with Gasteiger partial charge in [0.1, 0.15) is 5.75 Å². The molecule has 0 aromatic heterocycles. The molecule has 1 saturated heterocycles. The summed E-state index contributed by atoms with van der Waals surface area (Å²) in [6.45, 7) is 1.61. The number of benzene rings is 2. The van der Waals surface area contributed by atoms with Crippen LogP contribution in [0.5, 0.6) is 5.75 Å². The van der Waals surface area contributed by atoms with Gasteiger partial charge < -0.3 is 20.7 Å². The first-order valence-corrected chi connectivity index (χ1v) is 9.07. The molecule has 2 aromatic rings. The lowest BCUT2D eigenvalue weighted by Crippen LogP contribution is -2.25. The number of ether oxygens (including phenoxy) is 1. The number of nitrogens with zero attached hydrogens (tertiary/aromatic N) is 2. The summed E-state index contributed by atoms with van der Waals surface area (Å²) in [7, 11) is 0. The highest BCUT2D eigenvalue weighted by molar-refractivity contribution is 14.0. The highest BCUT2D eigenvalue weighted by Crippen LogP contribution is 2.24. The number of likely N-dealkylation sites (tertiary alicyclic amines) is 1. The average Bonchev–Trinajstić information content (AvgIpc) is 3.06. The maximum atomic E-state index is 12.2. The molecule has 1 aliphatic heterocycles. The quantitative estimate of drug-likeness (QED) is 0.330. The fraction of sp³-hybridized carbons (Fsp3) is 0.300. The molecule has 3 N–H and O–H groups in total. The molecule has 1 aliphatic rings. The Morgan fingerprint density at radius 3 is 2.40 bits per heavy atom. The number of rotatable bonds is 6. The molecule has 0 spiro atoms. The van der Waals surface area contributed by atoms with Crippen LogP contribution in [0.4, 0.5) is 18.9 Å². The zero-order valence-electron chi connectivity index (χ0n) is 16.0. The van der Waals surface area contributed by atoms with E-state index < -0.39 is 6.36 Å². The van der Waals surface area contributed by atoms with Gasteiger partial charge in [-0.05, 0) is 41.8 Å². The zero-order chi connectivity index (χ0) is 20.9. The molecule has 0 atom stereocenters. The molecule has 1 fully saturated rings. The summed E-state index contributed by atoms with van der Waals surface area (Å²) < 4.78 is 40.4. The zero-order valence-corrected chi connectivity index (χ0v) is 18.3. The smallest absolute Gasteiger partial charge is 0.406 e. The molecule has 0 bridgehead atoms. The van der Waals surface area contributed by atoms with Crippen molar-refractivity contribution in [2.24, 2.45) is 10.7 Å². The highest BCUT2D eigenvalue weighted by Gasteiger charge is 2.30. The molecule has 1 heterocycles. The molecule has 3 rings (SSSR count). The maximum absolute atomic E-state index is 12.2. The minimum absolute atomic E-state index is 0. The topological polar surface area (TPSA) is 80.0 Å². The Bertz CT molecular complexity index is 888. The minimum Gasteiger partial charge on any atom is -0.406 e. The van der Waals surface area contributed by atoms with Crippen LogP contribution in [0.15, 0.2) is 53.5 Å². The number of guanidine groups is 1. The monoisotopic (exact) mass is 534 g/mol. The van der Waals surface area contributed by atoms with Gasteiger partial charge in [0, 0.05) is 25.2 Å². The predicted molar refractivity (Wildman–Crippen MR) is 119 cm³/mol. The van der Waals surface area contributed by atoms with Crippen molar-refractivity contribution >= 4 is 41.5 Å². The number of amides is 1. The number of hydrogen-bond acceptors (Lipinski definition) is 3. The van der Waals surface area contributed by atoms with Crippen LogP contribution in [0.25, 0.3) is 0 Å². The van der Waals surface area contributed by atoms with E-state index >= 15 is 0 Å². The molecule has 0 aliphatic carbocycles. The van der Waals surface area contributed by atoms with Gasteiger partial charge in [-0.15, -0.1) is 37.1 Å². The van der Waals surface area contributed by atoms with Gasteiger partial charge in [-0.1, -0.05) is 24.3 Å². The number of carbonyl (C=O) groups is 1. The van der Waals surface area contributed by atoms with Crippen LogP contribution < -0.4 is 15.8 Å². The Labute approximate surface area is 189 Å². The van der Waals surface area contributed by atoms with Crippen LogP contribution in [-0.2, 0) is 17.9 Å². The van der Waals surface area contributed by atoms with E-state index in [1.54, 1.807) is 0 Å². The Morgan fingerprint density at radius 1 is 1.13 bits per heavy atom. The third-order valence-electron chi connectivity index (χ3n) is 4.43. The second-order valence-corrected chi connectivity index (χ2v) is 6.59. The van der Waals surface area contributed by atoms with Gasteiger partial charge in [0.25, 0.3) is 0 Å². The summed E-state index contributed by atoms with van der Waals surface area (Å²) in [5.74, 6) is -0.0343. The molecule has 162 valence electrons. The van der Waals surface area contributed by atoms with E-state index in [4.69, 9.17) is 5.73 Å². The van der Waals surface area contributed by atoms with Gasteiger partial charge in [0.2, 0.25) is 5.91 Å². The van der Waals surface area contributed by atoms with Crippen molar-refractivity contribution in [3.8, 4) is 5.75 Å². The summed E-state index contributed by atoms with van der Waals surface area (Å²) in [5.41, 5.74) is 8.33. The van der Waals surface area contributed by atoms with E-state index in [1.807, 2.05) is 29.2 Å². The lowest BCUT2D eigenvalue weighted by Gasteiger charge is -2.17. The molecule has 1 amide bonds. The van der Waals surface area contributed by atoms with Gasteiger partial charge in [0.15, 0.2) is 5.96 Å². The largest absolute Gasteiger partial charge is 0.573 e. The Balaban J connectivity index is 0.00000320. The molecule has 0 saturated carbocycles. The number of nitrogens with one attached hydrogen (secondary N) is 1. The number of halogens is 4. The van der Waals surface area contributed by atoms with Crippen LogP contribution in [0.2, 0.25) is 0 Å². The van der Waals surface area contributed by atoms with Crippen molar-refractivity contribution in [2.45, 2.75) is 32.3 Å². The summed E-state index contributed by atoms with van der Waals surface area (Å²) in [5, 5.41) is 2.83. The summed E-state index contributed by atoms with van der Waals surface area (Å²) in [4.78, 5) is 18.0. The molecular formula is C20H22F3IN4O2. The fourth-order valence-corrected chi connectivity index (χ4v) is 3.04. The summed E-state index contributed by atoms with van der Waals surface area (Å²) >= 11 is 0. The Hall–Kier alpha value is -2.50. The van der Waals surface area contributed by atoms with Gasteiger partial charge in [-0.25, -0.2) is 4.99 Å². The minimum atomic E-state index is -4.73. The lowest BCUT2D eigenvalue weighted by atomic mass is 10.1. The maximum Gasteiger partial charge on any atom is 0.573 e. The SMILES string of the molecule is I.NC(=NCc1ccccc1CN1CCCC1=O)Nc1ccc(OC(F)(F)F)cc1. The molecule has 6 nitrogen and oxygen atoms in total. The second kappa shape index (κ2) is 10.5. The van der Waals surface area contributed by atoms with E-state index in [9.17, 15) is 18.0 Å². The van der Waals surface area contributed by atoms with Crippen LogP contribution in [0.3, 0.4) is 0 Å². The number of alkyl halides is 3. The number of aliphatic imine (C=N–C) groups is 1. The normalized spacial score (nSPS) is 14.4. The van der Waals surface area contributed by atoms with Crippen molar-refractivity contribution in [1.29, 1.82) is 0 Å². The van der Waals surface area contributed by atoms with E-state index in [0.29, 0.717) is 25.2 Å². The van der Waals surface area contributed by atoms with Crippen LogP contribution in [0.1, 0.15) is 24.0 Å². The first-order valence-electron chi connectivity index (χ1n) is 9.07. The standard InChI is InChI=1S/C20H21F3N4O2.HI/c21-20(22,23)29-17-9-7-16(8-10-17)26-19(24)25-12-14-4-1-2-5-15(14)13-27-11-3-6-18(27)28;/h1-2,4-5,7-10H,3,6,11-13H2,(H3,24,25,26);1H. The van der Waals surface area contributed by atoms with Crippen LogP contribution >= 0.6 is 24.0 Å². The van der Waals surface area contributed by atoms with Crippen molar-refractivity contribution in [1.82, 2.24) is 4.90 Å². The van der Waals surface area contributed by atoms with Crippen molar-refractivity contribution in [3.63, 3.8) is 0 Å². The number of hydrogen-bond donors (Lipinski definition) is 2. The van der Waals surface area contributed by atoms with Gasteiger partial charge >= 0.3 is 6.36 Å². The lowest BCUT2D eigenvalue weighted by molar-refractivity contribution is -0.274. The highest BCUT2D eigenvalue weighted by atomic mass is 127. The molecular weight excluding hydrogens is 512 g/mol. The molecule has 0 unspecified atom stereocenters. The van der Waals surface area contributed by atoms with Gasteiger partial charge in [0.05, 0.1) is 6.54 Å². The molecule has 2 aromatic carbocycles. The van der Waals surface area contributed by atoms with Gasteiger partial charge in [-0.2, -0.15) is 0 Å². The first-order chi connectivity index (χ1) is 13.8. The molecule has 10 heteroatoms. The van der Waals surface area contributed by atoms with Crippen LogP contribution in [0, 0.1) is 0 Å². The second-order valence-electron chi connectivity index (χ2n) is 6.59. The Kier molecular flexibility index (Phi) is 8.33. The van der Waals surface area contributed by atoms with E-state index in [-0.39, 0.29) is 41.6 Å². The Morgan fingerprint density at radius 2 is 1.80 bits per heavy atom. The van der Waals surface area contributed by atoms with Crippen molar-refractivity contribution < 1.29 is 22.7 Å². The van der Waals surface area contributed by atoms with Crippen LogP contribution in [-0.4, -0.2) is 29.7 Å². The predicted octanol–water partition coefficient (Wildman–Crippen LogP) is 4.25. The first kappa shape index (κ1) is 23.8. The summed E-state index contributed by atoms with van der Waals surface area (Å²) in [6.07, 6.45) is -3.27.